The molecule has 3 aliphatic heterocycles. The van der Waals surface area contributed by atoms with Gasteiger partial charge in [-0.3, -0.25) is 14.4 Å². The third kappa shape index (κ3) is 1.71. The van der Waals surface area contributed by atoms with Crippen molar-refractivity contribution >= 4 is 17.8 Å². The Morgan fingerprint density at radius 1 is 1.35 bits per heavy atom. The van der Waals surface area contributed by atoms with Gasteiger partial charge in [-0.05, 0) is 0 Å². The highest BCUT2D eigenvalue weighted by atomic mass is 16.6. The lowest BCUT2D eigenvalue weighted by molar-refractivity contribution is -0.158. The molecule has 4 atom stereocenters. The van der Waals surface area contributed by atoms with Gasteiger partial charge in [-0.15, -0.1) is 0 Å². The van der Waals surface area contributed by atoms with E-state index in [1.54, 1.807) is 32.9 Å². The standard InChI is InChI=1S/C14H17NO5/c1-13(2,3)12(18)15-6-14-5-4-7(20-14)8-9(14)11(17)19-10(8)16/h4-5,7-9H,6H2,1-3H3,(H,15,18)/t7-,8-,9+,14-/m0/s1. The monoisotopic (exact) mass is 279 g/mol. The van der Waals surface area contributed by atoms with Gasteiger partial charge in [0.15, 0.2) is 0 Å². The van der Waals surface area contributed by atoms with E-state index in [1.807, 2.05) is 0 Å². The summed E-state index contributed by atoms with van der Waals surface area (Å²) in [6.45, 7) is 5.58. The molecule has 0 spiro atoms. The average Bonchev–Trinajstić information content (AvgIpc) is 2.97. The third-order valence-corrected chi connectivity index (χ3v) is 4.10. The maximum absolute atomic E-state index is 12.0. The highest BCUT2D eigenvalue weighted by molar-refractivity contribution is 5.99. The first-order chi connectivity index (χ1) is 9.24. The predicted molar refractivity (Wildman–Crippen MR) is 67.3 cm³/mol. The molecule has 3 rings (SSSR count). The molecule has 0 radical (unpaired) electrons. The van der Waals surface area contributed by atoms with E-state index < -0.39 is 40.9 Å². The van der Waals surface area contributed by atoms with Crippen LogP contribution < -0.4 is 5.32 Å². The van der Waals surface area contributed by atoms with Crippen molar-refractivity contribution in [2.24, 2.45) is 17.3 Å². The van der Waals surface area contributed by atoms with E-state index in [2.05, 4.69) is 5.32 Å². The van der Waals surface area contributed by atoms with Gasteiger partial charge in [-0.2, -0.15) is 0 Å². The minimum Gasteiger partial charge on any atom is -0.393 e. The van der Waals surface area contributed by atoms with Crippen LogP contribution in [0, 0.1) is 17.3 Å². The molecule has 2 saturated heterocycles. The zero-order valence-electron chi connectivity index (χ0n) is 11.6. The maximum Gasteiger partial charge on any atom is 0.320 e. The highest BCUT2D eigenvalue weighted by Gasteiger charge is 2.67. The summed E-state index contributed by atoms with van der Waals surface area (Å²) in [5.41, 5.74) is -1.47. The molecule has 6 heteroatoms. The summed E-state index contributed by atoms with van der Waals surface area (Å²) in [5, 5.41) is 2.80. The first kappa shape index (κ1) is 13.3. The van der Waals surface area contributed by atoms with Crippen LogP contribution in [0.1, 0.15) is 20.8 Å². The Labute approximate surface area is 116 Å². The second-order valence-electron chi connectivity index (χ2n) is 6.57. The molecule has 0 aromatic rings. The number of nitrogens with one attached hydrogen (secondary N) is 1. The summed E-state index contributed by atoms with van der Waals surface area (Å²) >= 11 is 0. The van der Waals surface area contributed by atoms with Crippen LogP contribution in [0.4, 0.5) is 0 Å². The number of amides is 1. The van der Waals surface area contributed by atoms with E-state index in [0.29, 0.717) is 0 Å². The molecule has 0 aliphatic carbocycles. The molecule has 1 amide bonds. The van der Waals surface area contributed by atoms with Crippen molar-refractivity contribution in [3.63, 3.8) is 0 Å². The van der Waals surface area contributed by atoms with E-state index in [1.165, 1.54) is 0 Å². The van der Waals surface area contributed by atoms with Crippen molar-refractivity contribution in [1.82, 2.24) is 5.32 Å². The number of carbonyl (C=O) groups is 3. The average molecular weight is 279 g/mol. The summed E-state index contributed by atoms with van der Waals surface area (Å²) in [6, 6.07) is 0. The molecule has 0 saturated carbocycles. The number of rotatable bonds is 2. The second-order valence-corrected chi connectivity index (χ2v) is 6.57. The van der Waals surface area contributed by atoms with Gasteiger partial charge in [-0.1, -0.05) is 32.9 Å². The molecule has 108 valence electrons. The van der Waals surface area contributed by atoms with Gasteiger partial charge in [-0.25, -0.2) is 0 Å². The molecule has 3 heterocycles. The molecule has 0 aromatic carbocycles. The number of hydrogen-bond acceptors (Lipinski definition) is 5. The van der Waals surface area contributed by atoms with Crippen LogP contribution in [-0.2, 0) is 23.9 Å². The molecule has 2 fully saturated rings. The molecule has 0 aromatic heterocycles. The normalized spacial score (nSPS) is 38.0. The molecule has 6 nitrogen and oxygen atoms in total. The topological polar surface area (TPSA) is 81.7 Å². The Morgan fingerprint density at radius 2 is 2.05 bits per heavy atom. The van der Waals surface area contributed by atoms with Crippen LogP contribution in [0.15, 0.2) is 12.2 Å². The predicted octanol–water partition coefficient (Wildman–Crippen LogP) is 0.172. The van der Waals surface area contributed by atoms with Gasteiger partial charge >= 0.3 is 11.9 Å². The van der Waals surface area contributed by atoms with Gasteiger partial charge < -0.3 is 14.8 Å². The first-order valence-electron chi connectivity index (χ1n) is 6.66. The zero-order valence-corrected chi connectivity index (χ0v) is 11.6. The van der Waals surface area contributed by atoms with E-state index in [4.69, 9.17) is 9.47 Å². The lowest BCUT2D eigenvalue weighted by atomic mass is 9.76. The van der Waals surface area contributed by atoms with Crippen molar-refractivity contribution in [2.75, 3.05) is 6.54 Å². The Kier molecular flexibility index (Phi) is 2.60. The summed E-state index contributed by atoms with van der Waals surface area (Å²) in [4.78, 5) is 35.4. The smallest absolute Gasteiger partial charge is 0.320 e. The second kappa shape index (κ2) is 3.91. The molecular weight excluding hydrogens is 262 g/mol. The van der Waals surface area contributed by atoms with Crippen LogP contribution in [0.2, 0.25) is 0 Å². The van der Waals surface area contributed by atoms with Gasteiger partial charge in [0.05, 0.1) is 12.6 Å². The minimum atomic E-state index is -0.945. The number of carbonyl (C=O) groups excluding carboxylic acids is 3. The number of cyclic esters (lactones) is 2. The third-order valence-electron chi connectivity index (χ3n) is 4.10. The van der Waals surface area contributed by atoms with Gasteiger partial charge in [0.25, 0.3) is 0 Å². The largest absolute Gasteiger partial charge is 0.393 e. The van der Waals surface area contributed by atoms with Crippen molar-refractivity contribution in [1.29, 1.82) is 0 Å². The van der Waals surface area contributed by atoms with Crippen LogP contribution in [-0.4, -0.2) is 36.1 Å². The van der Waals surface area contributed by atoms with E-state index in [0.717, 1.165) is 0 Å². The van der Waals surface area contributed by atoms with Crippen LogP contribution in [0.25, 0.3) is 0 Å². The lowest BCUT2D eigenvalue weighted by Crippen LogP contribution is -2.49. The van der Waals surface area contributed by atoms with Crippen molar-refractivity contribution < 1.29 is 23.9 Å². The summed E-state index contributed by atoms with van der Waals surface area (Å²) in [6.07, 6.45) is 3.11. The molecule has 2 bridgehead atoms. The van der Waals surface area contributed by atoms with Crippen molar-refractivity contribution in [2.45, 2.75) is 32.5 Å². The summed E-state index contributed by atoms with van der Waals surface area (Å²) < 4.78 is 10.5. The fraction of sp³-hybridized carbons (Fsp3) is 0.643. The molecule has 3 aliphatic rings. The number of fused-ring (bicyclic) bond motifs is 5. The Morgan fingerprint density at radius 3 is 2.70 bits per heavy atom. The lowest BCUT2D eigenvalue weighted by Gasteiger charge is -2.29. The fourth-order valence-corrected chi connectivity index (χ4v) is 2.99. The van der Waals surface area contributed by atoms with Gasteiger partial charge in [0, 0.05) is 5.41 Å². The van der Waals surface area contributed by atoms with E-state index in [9.17, 15) is 14.4 Å². The number of hydrogen-bond donors (Lipinski definition) is 1. The Bertz CT molecular complexity index is 532. The molecule has 1 N–H and O–H groups in total. The highest BCUT2D eigenvalue weighted by Crippen LogP contribution is 2.50. The van der Waals surface area contributed by atoms with Crippen molar-refractivity contribution in [3.05, 3.63) is 12.2 Å². The zero-order chi connectivity index (χ0) is 14.7. The van der Waals surface area contributed by atoms with Gasteiger partial charge in [0.2, 0.25) is 5.91 Å². The Hall–Kier alpha value is -1.69. The summed E-state index contributed by atoms with van der Waals surface area (Å²) in [7, 11) is 0. The van der Waals surface area contributed by atoms with E-state index >= 15 is 0 Å². The van der Waals surface area contributed by atoms with Gasteiger partial charge in [0.1, 0.15) is 17.4 Å². The quantitative estimate of drug-likeness (QED) is 0.443. The summed E-state index contributed by atoms with van der Waals surface area (Å²) in [5.74, 6) is -2.44. The number of esters is 2. The van der Waals surface area contributed by atoms with Crippen LogP contribution in [0.5, 0.6) is 0 Å². The first-order valence-corrected chi connectivity index (χ1v) is 6.66. The van der Waals surface area contributed by atoms with Crippen LogP contribution in [0.3, 0.4) is 0 Å². The SMILES string of the molecule is CC(C)(C)C(=O)NC[C@]12C=C[C@H](O1)[C@@H]1C(=O)OC(=O)[C@@H]12. The fourth-order valence-electron chi connectivity index (χ4n) is 2.99. The molecular formula is C14H17NO5. The molecule has 20 heavy (non-hydrogen) atoms. The molecule has 0 unspecified atom stereocenters. The van der Waals surface area contributed by atoms with E-state index in [-0.39, 0.29) is 12.5 Å². The van der Waals surface area contributed by atoms with Crippen molar-refractivity contribution in [3.8, 4) is 0 Å². The van der Waals surface area contributed by atoms with Crippen LogP contribution >= 0.6 is 0 Å². The maximum atomic E-state index is 12.0. The number of ether oxygens (including phenoxy) is 2. The minimum absolute atomic E-state index is 0.131. The Balaban J connectivity index is 1.80.